The molecule has 0 aromatic rings. The summed E-state index contributed by atoms with van der Waals surface area (Å²) in [6.45, 7) is 2.88. The van der Waals surface area contributed by atoms with Gasteiger partial charge in [-0.3, -0.25) is 9.59 Å². The summed E-state index contributed by atoms with van der Waals surface area (Å²) in [5.41, 5.74) is 0. The molecule has 0 spiro atoms. The number of nitrogens with zero attached hydrogens (tertiary/aromatic N) is 1. The molecule has 2 fully saturated rings. The third-order valence-corrected chi connectivity index (χ3v) is 3.02. The van der Waals surface area contributed by atoms with Crippen LogP contribution < -0.4 is 10.6 Å². The van der Waals surface area contributed by atoms with Crippen LogP contribution in [0, 0.1) is 5.92 Å². The van der Waals surface area contributed by atoms with E-state index < -0.39 is 0 Å². The average molecular weight is 225 g/mol. The summed E-state index contributed by atoms with van der Waals surface area (Å²) >= 11 is 0. The van der Waals surface area contributed by atoms with Crippen molar-refractivity contribution in [1.29, 1.82) is 0 Å². The molecule has 5 heteroatoms. The van der Waals surface area contributed by atoms with Gasteiger partial charge >= 0.3 is 0 Å². The van der Waals surface area contributed by atoms with Crippen molar-refractivity contribution < 1.29 is 9.59 Å². The summed E-state index contributed by atoms with van der Waals surface area (Å²) < 4.78 is 0. The Morgan fingerprint density at radius 3 is 3.06 bits per heavy atom. The van der Waals surface area contributed by atoms with E-state index in [0.29, 0.717) is 19.6 Å². The van der Waals surface area contributed by atoms with Crippen LogP contribution in [0.25, 0.3) is 0 Å². The SMILES string of the molecule is O=C1CN(C(=O)CNCC2CC2)CCCN1. The van der Waals surface area contributed by atoms with E-state index in [0.717, 1.165) is 18.9 Å². The van der Waals surface area contributed by atoms with Crippen molar-refractivity contribution in [3.63, 3.8) is 0 Å². The fourth-order valence-corrected chi connectivity index (χ4v) is 1.84. The molecular weight excluding hydrogens is 206 g/mol. The van der Waals surface area contributed by atoms with E-state index in [1.165, 1.54) is 12.8 Å². The molecule has 2 aliphatic rings. The molecule has 1 aliphatic heterocycles. The van der Waals surface area contributed by atoms with Crippen molar-refractivity contribution >= 4 is 11.8 Å². The number of carbonyl (C=O) groups excluding carboxylic acids is 2. The topological polar surface area (TPSA) is 61.4 Å². The molecule has 0 bridgehead atoms. The molecule has 0 aromatic carbocycles. The molecule has 1 saturated carbocycles. The van der Waals surface area contributed by atoms with Gasteiger partial charge in [-0.1, -0.05) is 0 Å². The van der Waals surface area contributed by atoms with Crippen LogP contribution in [0.1, 0.15) is 19.3 Å². The van der Waals surface area contributed by atoms with Gasteiger partial charge in [-0.15, -0.1) is 0 Å². The Labute approximate surface area is 95.6 Å². The Bertz CT molecular complexity index is 276. The molecule has 0 unspecified atom stereocenters. The first-order valence-electron chi connectivity index (χ1n) is 6.01. The molecule has 16 heavy (non-hydrogen) atoms. The maximum absolute atomic E-state index is 11.8. The van der Waals surface area contributed by atoms with E-state index in [-0.39, 0.29) is 18.4 Å². The van der Waals surface area contributed by atoms with Crippen LogP contribution in [0.3, 0.4) is 0 Å². The Hall–Kier alpha value is -1.10. The van der Waals surface area contributed by atoms with Crippen molar-refractivity contribution in [3.8, 4) is 0 Å². The number of carbonyl (C=O) groups is 2. The van der Waals surface area contributed by atoms with E-state index in [4.69, 9.17) is 0 Å². The second-order valence-corrected chi connectivity index (χ2v) is 4.59. The van der Waals surface area contributed by atoms with Crippen LogP contribution in [0.2, 0.25) is 0 Å². The van der Waals surface area contributed by atoms with E-state index in [1.54, 1.807) is 4.90 Å². The lowest BCUT2D eigenvalue weighted by Crippen LogP contribution is -2.42. The van der Waals surface area contributed by atoms with Crippen molar-refractivity contribution in [1.82, 2.24) is 15.5 Å². The smallest absolute Gasteiger partial charge is 0.239 e. The van der Waals surface area contributed by atoms with Gasteiger partial charge in [0.25, 0.3) is 0 Å². The molecule has 0 aromatic heterocycles. The number of hydrogen-bond acceptors (Lipinski definition) is 3. The van der Waals surface area contributed by atoms with Gasteiger partial charge < -0.3 is 15.5 Å². The van der Waals surface area contributed by atoms with E-state index in [1.807, 2.05) is 0 Å². The number of amides is 2. The van der Waals surface area contributed by atoms with Gasteiger partial charge in [-0.2, -0.15) is 0 Å². The fraction of sp³-hybridized carbons (Fsp3) is 0.818. The van der Waals surface area contributed by atoms with Crippen LogP contribution in [0.15, 0.2) is 0 Å². The molecular formula is C11H19N3O2. The maximum atomic E-state index is 11.8. The van der Waals surface area contributed by atoms with Gasteiger partial charge in [0.2, 0.25) is 11.8 Å². The van der Waals surface area contributed by atoms with Gasteiger partial charge in [0, 0.05) is 13.1 Å². The van der Waals surface area contributed by atoms with Gasteiger partial charge in [-0.05, 0) is 31.7 Å². The van der Waals surface area contributed by atoms with Gasteiger partial charge in [-0.25, -0.2) is 0 Å². The van der Waals surface area contributed by atoms with Crippen LogP contribution >= 0.6 is 0 Å². The highest BCUT2D eigenvalue weighted by molar-refractivity contribution is 5.86. The first-order chi connectivity index (χ1) is 7.75. The molecule has 2 rings (SSSR count). The lowest BCUT2D eigenvalue weighted by atomic mass is 10.3. The van der Waals surface area contributed by atoms with Crippen molar-refractivity contribution in [2.45, 2.75) is 19.3 Å². The maximum Gasteiger partial charge on any atom is 0.239 e. The first-order valence-corrected chi connectivity index (χ1v) is 6.01. The van der Waals surface area contributed by atoms with Crippen molar-refractivity contribution in [2.75, 3.05) is 32.7 Å². The average Bonchev–Trinajstić information content (AvgIpc) is 3.05. The molecule has 5 nitrogen and oxygen atoms in total. The quantitative estimate of drug-likeness (QED) is 0.667. The van der Waals surface area contributed by atoms with E-state index >= 15 is 0 Å². The van der Waals surface area contributed by atoms with Crippen LogP contribution in [0.4, 0.5) is 0 Å². The molecule has 2 amide bonds. The zero-order valence-corrected chi connectivity index (χ0v) is 9.50. The summed E-state index contributed by atoms with van der Waals surface area (Å²) in [6, 6.07) is 0. The third kappa shape index (κ3) is 3.48. The highest BCUT2D eigenvalue weighted by Crippen LogP contribution is 2.27. The third-order valence-electron chi connectivity index (χ3n) is 3.02. The van der Waals surface area contributed by atoms with Crippen molar-refractivity contribution in [2.24, 2.45) is 5.92 Å². The molecule has 90 valence electrons. The first kappa shape index (κ1) is 11.4. The van der Waals surface area contributed by atoms with E-state index in [9.17, 15) is 9.59 Å². The Morgan fingerprint density at radius 2 is 2.31 bits per heavy atom. The van der Waals surface area contributed by atoms with Gasteiger partial charge in [0.1, 0.15) is 0 Å². The summed E-state index contributed by atoms with van der Waals surface area (Å²) in [5.74, 6) is 0.769. The lowest BCUT2D eigenvalue weighted by Gasteiger charge is -2.19. The van der Waals surface area contributed by atoms with Gasteiger partial charge in [0.15, 0.2) is 0 Å². The number of nitrogens with one attached hydrogen (secondary N) is 2. The monoisotopic (exact) mass is 225 g/mol. The Morgan fingerprint density at radius 1 is 1.50 bits per heavy atom. The highest BCUT2D eigenvalue weighted by atomic mass is 16.2. The molecule has 1 heterocycles. The van der Waals surface area contributed by atoms with Crippen molar-refractivity contribution in [3.05, 3.63) is 0 Å². The standard InChI is InChI=1S/C11H19N3O2/c15-10-8-14(5-1-4-13-10)11(16)7-12-6-9-2-3-9/h9,12H,1-8H2,(H,13,15). The predicted octanol–water partition coefficient (Wildman–Crippen LogP) is -0.665. The molecule has 2 N–H and O–H groups in total. The Balaban J connectivity index is 1.70. The second-order valence-electron chi connectivity index (χ2n) is 4.59. The fourth-order valence-electron chi connectivity index (χ4n) is 1.84. The normalized spacial score (nSPS) is 21.5. The van der Waals surface area contributed by atoms with E-state index in [2.05, 4.69) is 10.6 Å². The minimum absolute atomic E-state index is 0.0395. The predicted molar refractivity (Wildman–Crippen MR) is 59.8 cm³/mol. The zero-order chi connectivity index (χ0) is 11.4. The van der Waals surface area contributed by atoms with Crippen LogP contribution in [-0.4, -0.2) is 49.4 Å². The number of hydrogen-bond donors (Lipinski definition) is 2. The summed E-state index contributed by atoms with van der Waals surface area (Å²) in [5, 5.41) is 5.92. The minimum atomic E-state index is -0.0481. The molecule has 0 radical (unpaired) electrons. The zero-order valence-electron chi connectivity index (χ0n) is 9.50. The summed E-state index contributed by atoms with van der Waals surface area (Å²) in [6.07, 6.45) is 3.42. The molecule has 1 saturated heterocycles. The van der Waals surface area contributed by atoms with Crippen LogP contribution in [-0.2, 0) is 9.59 Å². The summed E-state index contributed by atoms with van der Waals surface area (Å²) in [7, 11) is 0. The summed E-state index contributed by atoms with van der Waals surface area (Å²) in [4.78, 5) is 24.7. The van der Waals surface area contributed by atoms with Crippen LogP contribution in [0.5, 0.6) is 0 Å². The second kappa shape index (κ2) is 5.30. The highest BCUT2D eigenvalue weighted by Gasteiger charge is 2.22. The molecule has 0 atom stereocenters. The molecule has 1 aliphatic carbocycles. The lowest BCUT2D eigenvalue weighted by molar-refractivity contribution is -0.134. The number of rotatable bonds is 4. The Kier molecular flexibility index (Phi) is 3.77. The van der Waals surface area contributed by atoms with Gasteiger partial charge in [0.05, 0.1) is 13.1 Å². The minimum Gasteiger partial charge on any atom is -0.354 e. The largest absolute Gasteiger partial charge is 0.354 e.